The third-order valence-electron chi connectivity index (χ3n) is 4.62. The Morgan fingerprint density at radius 3 is 2.52 bits per heavy atom. The van der Waals surface area contributed by atoms with Gasteiger partial charge in [-0.15, -0.1) is 0 Å². The van der Waals surface area contributed by atoms with E-state index in [0.717, 1.165) is 44.9 Å². The number of piperidine rings is 1. The van der Waals surface area contributed by atoms with Crippen molar-refractivity contribution in [3.05, 3.63) is 35.9 Å². The van der Waals surface area contributed by atoms with Gasteiger partial charge in [-0.1, -0.05) is 30.3 Å². The van der Waals surface area contributed by atoms with E-state index >= 15 is 0 Å². The number of hydrogen-bond donors (Lipinski definition) is 2. The van der Waals surface area contributed by atoms with Crippen LogP contribution in [0, 0.1) is 5.92 Å². The Balaban J connectivity index is 1.78. The smallest absolute Gasteiger partial charge is 0.308 e. The molecule has 148 valence electrons. The number of hydrogen-bond acceptors (Lipinski definition) is 4. The highest BCUT2D eigenvalue weighted by Crippen LogP contribution is 2.18. The lowest BCUT2D eigenvalue weighted by Crippen LogP contribution is -2.47. The highest BCUT2D eigenvalue weighted by Gasteiger charge is 2.27. The summed E-state index contributed by atoms with van der Waals surface area (Å²) in [5.74, 6) is 0.439. The quantitative estimate of drug-likeness (QED) is 0.426. The van der Waals surface area contributed by atoms with Crippen LogP contribution in [0.4, 0.5) is 0 Å². The number of amides is 1. The van der Waals surface area contributed by atoms with E-state index < -0.39 is 0 Å². The summed E-state index contributed by atoms with van der Waals surface area (Å²) in [5.41, 5.74) is 1.20. The minimum absolute atomic E-state index is 0.0459. The molecule has 0 saturated carbocycles. The van der Waals surface area contributed by atoms with Crippen molar-refractivity contribution < 1.29 is 14.3 Å². The van der Waals surface area contributed by atoms with E-state index in [4.69, 9.17) is 4.74 Å². The molecule has 1 saturated heterocycles. The second-order valence-corrected chi connectivity index (χ2v) is 6.54. The zero-order valence-electron chi connectivity index (χ0n) is 16.2. The van der Waals surface area contributed by atoms with E-state index in [2.05, 4.69) is 20.5 Å². The molecule has 2 N–H and O–H groups in total. The molecule has 2 rings (SSSR count). The minimum Gasteiger partial charge on any atom is -0.469 e. The molecule has 0 atom stereocenters. The lowest BCUT2D eigenvalue weighted by molar-refractivity contribution is -0.146. The number of rotatable bonds is 7. The van der Waals surface area contributed by atoms with Gasteiger partial charge < -0.3 is 20.3 Å². The van der Waals surface area contributed by atoms with Crippen molar-refractivity contribution in [3.8, 4) is 0 Å². The Hall–Kier alpha value is -2.57. The predicted molar refractivity (Wildman–Crippen MR) is 105 cm³/mol. The first-order chi connectivity index (χ1) is 13.1. The fraction of sp³-hybridized carbons (Fsp3) is 0.550. The molecule has 0 radical (unpaired) electrons. The Labute approximate surface area is 161 Å². The van der Waals surface area contributed by atoms with Gasteiger partial charge in [0.05, 0.1) is 13.0 Å². The van der Waals surface area contributed by atoms with Gasteiger partial charge in [-0.3, -0.25) is 9.59 Å². The summed E-state index contributed by atoms with van der Waals surface area (Å²) in [6.45, 7) is 4.86. The summed E-state index contributed by atoms with van der Waals surface area (Å²) in [7, 11) is 1.43. The first kappa shape index (κ1) is 20.7. The molecule has 0 bridgehead atoms. The molecule has 0 aromatic heterocycles. The largest absolute Gasteiger partial charge is 0.469 e. The van der Waals surface area contributed by atoms with Crippen LogP contribution in [0.2, 0.25) is 0 Å². The minimum atomic E-state index is -0.144. The molecular weight excluding hydrogens is 344 g/mol. The van der Waals surface area contributed by atoms with Crippen LogP contribution in [-0.4, -0.2) is 62.6 Å². The third kappa shape index (κ3) is 6.92. The number of ether oxygens (including phenoxy) is 1. The number of nitrogens with zero attached hydrogens (tertiary/aromatic N) is 2. The van der Waals surface area contributed by atoms with Crippen molar-refractivity contribution in [1.29, 1.82) is 0 Å². The van der Waals surface area contributed by atoms with Crippen LogP contribution in [-0.2, 0) is 20.7 Å². The number of guanidine groups is 1. The summed E-state index contributed by atoms with van der Waals surface area (Å²) in [5, 5.41) is 6.14. The number of carbonyl (C=O) groups is 2. The maximum atomic E-state index is 12.1. The van der Waals surface area contributed by atoms with Crippen LogP contribution in [0.5, 0.6) is 0 Å². The standard InChI is InChI=1S/C20H30N4O3/c1-3-21-20(24-13-10-17(11-14-24)19(26)27-2)23-15-18(25)22-12-9-16-7-5-4-6-8-16/h4-8,17H,3,9-15H2,1-2H3,(H,21,23)(H,22,25). The highest BCUT2D eigenvalue weighted by atomic mass is 16.5. The van der Waals surface area contributed by atoms with Crippen molar-refractivity contribution >= 4 is 17.8 Å². The molecule has 1 fully saturated rings. The maximum absolute atomic E-state index is 12.1. The summed E-state index contributed by atoms with van der Waals surface area (Å²) >= 11 is 0. The second-order valence-electron chi connectivity index (χ2n) is 6.54. The molecule has 1 heterocycles. The Kier molecular flexibility index (Phi) is 8.61. The number of benzene rings is 1. The Morgan fingerprint density at radius 1 is 1.19 bits per heavy atom. The highest BCUT2D eigenvalue weighted by molar-refractivity contribution is 5.85. The molecule has 1 amide bonds. The van der Waals surface area contributed by atoms with Gasteiger partial charge >= 0.3 is 5.97 Å². The topological polar surface area (TPSA) is 83.0 Å². The van der Waals surface area contributed by atoms with Crippen molar-refractivity contribution in [3.63, 3.8) is 0 Å². The molecule has 1 aliphatic heterocycles. The molecule has 1 aliphatic rings. The number of aliphatic imine (C=N–C) groups is 1. The van der Waals surface area contributed by atoms with E-state index in [0.29, 0.717) is 6.54 Å². The predicted octanol–water partition coefficient (Wildman–Crippen LogP) is 1.20. The van der Waals surface area contributed by atoms with E-state index in [1.807, 2.05) is 37.3 Å². The molecule has 27 heavy (non-hydrogen) atoms. The summed E-state index contributed by atoms with van der Waals surface area (Å²) in [4.78, 5) is 30.3. The summed E-state index contributed by atoms with van der Waals surface area (Å²) in [6.07, 6.45) is 2.28. The van der Waals surface area contributed by atoms with Crippen molar-refractivity contribution in [2.45, 2.75) is 26.2 Å². The zero-order chi connectivity index (χ0) is 19.5. The van der Waals surface area contributed by atoms with Gasteiger partial charge in [-0.25, -0.2) is 4.99 Å². The Bertz CT molecular complexity index is 625. The first-order valence-corrected chi connectivity index (χ1v) is 9.55. The summed E-state index contributed by atoms with van der Waals surface area (Å²) < 4.78 is 4.83. The van der Waals surface area contributed by atoms with Crippen LogP contribution < -0.4 is 10.6 Å². The zero-order valence-corrected chi connectivity index (χ0v) is 16.2. The average Bonchev–Trinajstić information content (AvgIpc) is 2.71. The van der Waals surface area contributed by atoms with Crippen molar-refractivity contribution in [2.24, 2.45) is 10.9 Å². The van der Waals surface area contributed by atoms with Crippen LogP contribution in [0.1, 0.15) is 25.3 Å². The van der Waals surface area contributed by atoms with E-state index in [1.165, 1.54) is 12.7 Å². The molecule has 0 spiro atoms. The van der Waals surface area contributed by atoms with E-state index in [1.54, 1.807) is 0 Å². The second kappa shape index (κ2) is 11.2. The molecule has 1 aromatic carbocycles. The molecule has 1 aromatic rings. The van der Waals surface area contributed by atoms with Gasteiger partial charge in [-0.2, -0.15) is 0 Å². The number of methoxy groups -OCH3 is 1. The number of esters is 1. The van der Waals surface area contributed by atoms with Crippen LogP contribution in [0.15, 0.2) is 35.3 Å². The normalized spacial score (nSPS) is 15.3. The fourth-order valence-electron chi connectivity index (χ4n) is 3.11. The lowest BCUT2D eigenvalue weighted by atomic mass is 9.97. The molecule has 7 nitrogen and oxygen atoms in total. The van der Waals surface area contributed by atoms with E-state index in [-0.39, 0.29) is 24.3 Å². The number of nitrogens with one attached hydrogen (secondary N) is 2. The van der Waals surface area contributed by atoms with E-state index in [9.17, 15) is 9.59 Å². The Morgan fingerprint density at radius 2 is 1.89 bits per heavy atom. The molecule has 0 unspecified atom stereocenters. The van der Waals surface area contributed by atoms with Crippen LogP contribution in [0.3, 0.4) is 0 Å². The number of likely N-dealkylation sites (tertiary alicyclic amines) is 1. The average molecular weight is 374 g/mol. The number of carbonyl (C=O) groups excluding carboxylic acids is 2. The molecular formula is C20H30N4O3. The van der Waals surface area contributed by atoms with Crippen LogP contribution >= 0.6 is 0 Å². The van der Waals surface area contributed by atoms with Gasteiger partial charge in [0.1, 0.15) is 6.54 Å². The van der Waals surface area contributed by atoms with Crippen LogP contribution in [0.25, 0.3) is 0 Å². The van der Waals surface area contributed by atoms with Crippen molar-refractivity contribution in [2.75, 3.05) is 39.8 Å². The van der Waals surface area contributed by atoms with Gasteiger partial charge in [0.2, 0.25) is 5.91 Å². The third-order valence-corrected chi connectivity index (χ3v) is 4.62. The van der Waals surface area contributed by atoms with Gasteiger partial charge in [0.25, 0.3) is 0 Å². The van der Waals surface area contributed by atoms with Gasteiger partial charge in [0.15, 0.2) is 5.96 Å². The summed E-state index contributed by atoms with van der Waals surface area (Å²) in [6, 6.07) is 10.1. The maximum Gasteiger partial charge on any atom is 0.308 e. The van der Waals surface area contributed by atoms with Gasteiger partial charge in [-0.05, 0) is 31.7 Å². The molecule has 7 heteroatoms. The molecule has 0 aliphatic carbocycles. The fourth-order valence-corrected chi connectivity index (χ4v) is 3.11. The van der Waals surface area contributed by atoms with Crippen molar-refractivity contribution in [1.82, 2.24) is 15.5 Å². The van der Waals surface area contributed by atoms with Gasteiger partial charge in [0, 0.05) is 26.2 Å². The lowest BCUT2D eigenvalue weighted by Gasteiger charge is -2.33. The first-order valence-electron chi connectivity index (χ1n) is 9.55. The SMILES string of the molecule is CCNC(=NCC(=O)NCCc1ccccc1)N1CCC(C(=O)OC)CC1. The monoisotopic (exact) mass is 374 g/mol.